The van der Waals surface area contributed by atoms with Crippen LogP contribution in [0, 0.1) is 0 Å². The van der Waals surface area contributed by atoms with Crippen molar-refractivity contribution in [1.82, 2.24) is 0 Å². The van der Waals surface area contributed by atoms with Gasteiger partial charge in [0.15, 0.2) is 6.54 Å². The van der Waals surface area contributed by atoms with Gasteiger partial charge in [-0.1, -0.05) is 42.5 Å². The van der Waals surface area contributed by atoms with Crippen LogP contribution in [0.25, 0.3) is 32.5 Å². The van der Waals surface area contributed by atoms with Crippen LogP contribution in [0.1, 0.15) is 29.5 Å². The largest absolute Gasteiger partial charge is 0.748 e. The summed E-state index contributed by atoms with van der Waals surface area (Å²) < 4.78 is 43.3. The number of hydrogen-bond donors (Lipinski definition) is 0. The number of ether oxygens (including phenoxy) is 1. The van der Waals surface area contributed by atoms with Gasteiger partial charge in [-0.15, -0.1) is 11.3 Å². The Balaban J connectivity index is 1.80. The van der Waals surface area contributed by atoms with Crippen LogP contribution in [-0.4, -0.2) is 25.8 Å². The zero-order valence-corrected chi connectivity index (χ0v) is 19.8. The van der Waals surface area contributed by atoms with Crippen molar-refractivity contribution < 1.29 is 22.3 Å². The lowest BCUT2D eigenvalue weighted by Gasteiger charge is -2.05. The lowest BCUT2D eigenvalue weighted by molar-refractivity contribution is -0.667. The van der Waals surface area contributed by atoms with Crippen molar-refractivity contribution in [2.45, 2.75) is 26.3 Å². The highest BCUT2D eigenvalue weighted by atomic mass is 32.2. The molecule has 0 N–H and O–H groups in total. The summed E-state index contributed by atoms with van der Waals surface area (Å²) in [6.45, 7) is 2.59. The van der Waals surface area contributed by atoms with Gasteiger partial charge in [0.1, 0.15) is 15.1 Å². The molecule has 0 aliphatic carbocycles. The van der Waals surface area contributed by atoms with E-state index in [1.807, 2.05) is 17.5 Å². The Hall–Kier alpha value is -2.26. The molecule has 0 bridgehead atoms. The maximum atomic E-state index is 11.1. The van der Waals surface area contributed by atoms with E-state index in [4.69, 9.17) is 4.74 Å². The standard InChI is InChI=1S/C23H23NO4S3/c1-3-16-5-7-17(8-6-16)9-10-21-24(12-4-14-31(25,26)27)22-20(30-21)15-19(28-2)18-11-13-29-23(18)22/h5-11,13,15H,3-4,12,14H2,1-2H3. The fourth-order valence-corrected chi connectivity index (χ4v) is 6.27. The molecule has 0 aliphatic heterocycles. The first-order valence-electron chi connectivity index (χ1n) is 10.0. The molecule has 4 aromatic rings. The minimum atomic E-state index is -4.24. The molecule has 2 heterocycles. The van der Waals surface area contributed by atoms with E-state index < -0.39 is 10.1 Å². The average molecular weight is 474 g/mol. The first-order chi connectivity index (χ1) is 14.9. The van der Waals surface area contributed by atoms with E-state index in [2.05, 4.69) is 47.9 Å². The summed E-state index contributed by atoms with van der Waals surface area (Å²) in [7, 11) is -2.58. The predicted molar refractivity (Wildman–Crippen MR) is 128 cm³/mol. The molecule has 5 nitrogen and oxygen atoms in total. The van der Waals surface area contributed by atoms with Crippen LogP contribution in [0.3, 0.4) is 0 Å². The van der Waals surface area contributed by atoms with Crippen molar-refractivity contribution in [2.75, 3.05) is 12.9 Å². The van der Waals surface area contributed by atoms with E-state index >= 15 is 0 Å². The molecule has 162 valence electrons. The first-order valence-corrected chi connectivity index (χ1v) is 13.3. The number of aromatic nitrogens is 1. The van der Waals surface area contributed by atoms with Gasteiger partial charge in [0, 0.05) is 29.7 Å². The second-order valence-corrected chi connectivity index (χ2v) is 10.7. The quantitative estimate of drug-likeness (QED) is 0.264. The Labute approximate surface area is 190 Å². The second kappa shape index (κ2) is 9.08. The summed E-state index contributed by atoms with van der Waals surface area (Å²) in [5, 5.41) is 4.07. The Morgan fingerprint density at radius 1 is 1.16 bits per heavy atom. The average Bonchev–Trinajstić information content (AvgIpc) is 3.36. The Bertz CT molecular complexity index is 1350. The van der Waals surface area contributed by atoms with Gasteiger partial charge in [0.25, 0.3) is 5.01 Å². The van der Waals surface area contributed by atoms with Crippen molar-refractivity contribution in [3.8, 4) is 5.75 Å². The molecular weight excluding hydrogens is 450 g/mol. The normalized spacial score (nSPS) is 12.4. The monoisotopic (exact) mass is 473 g/mol. The van der Waals surface area contributed by atoms with E-state index in [-0.39, 0.29) is 12.2 Å². The Kier molecular flexibility index (Phi) is 6.43. The molecule has 0 atom stereocenters. The van der Waals surface area contributed by atoms with Crippen LogP contribution in [0.15, 0.2) is 41.8 Å². The maximum absolute atomic E-state index is 11.1. The molecule has 31 heavy (non-hydrogen) atoms. The van der Waals surface area contributed by atoms with E-state index in [1.54, 1.807) is 29.8 Å². The third kappa shape index (κ3) is 4.82. The van der Waals surface area contributed by atoms with Crippen molar-refractivity contribution in [1.29, 1.82) is 0 Å². The summed E-state index contributed by atoms with van der Waals surface area (Å²) in [6, 6.07) is 12.5. The number of methoxy groups -OCH3 is 1. The molecular formula is C23H23NO4S3. The minimum Gasteiger partial charge on any atom is -0.748 e. The van der Waals surface area contributed by atoms with Crippen LogP contribution in [0.5, 0.6) is 5.75 Å². The van der Waals surface area contributed by atoms with Gasteiger partial charge in [-0.25, -0.2) is 8.42 Å². The van der Waals surface area contributed by atoms with Crippen LogP contribution >= 0.6 is 22.7 Å². The van der Waals surface area contributed by atoms with Crippen LogP contribution in [0.2, 0.25) is 0 Å². The van der Waals surface area contributed by atoms with Gasteiger partial charge in [0.05, 0.1) is 17.2 Å². The van der Waals surface area contributed by atoms with Crippen molar-refractivity contribution in [2.24, 2.45) is 0 Å². The van der Waals surface area contributed by atoms with Crippen molar-refractivity contribution in [3.05, 3.63) is 57.9 Å². The predicted octanol–water partition coefficient (Wildman–Crippen LogP) is 5.08. The molecule has 4 rings (SSSR count). The van der Waals surface area contributed by atoms with Gasteiger partial charge in [-0.2, -0.15) is 4.57 Å². The number of fused-ring (bicyclic) bond motifs is 3. The zero-order valence-electron chi connectivity index (χ0n) is 17.3. The topological polar surface area (TPSA) is 70.3 Å². The highest BCUT2D eigenvalue weighted by molar-refractivity contribution is 7.85. The molecule has 0 amide bonds. The summed E-state index contributed by atoms with van der Waals surface area (Å²) in [4.78, 5) is 0. The number of thiophene rings is 1. The van der Waals surface area contributed by atoms with Crippen LogP contribution in [0.4, 0.5) is 0 Å². The highest BCUT2D eigenvalue weighted by Crippen LogP contribution is 2.38. The van der Waals surface area contributed by atoms with Gasteiger partial charge in [-0.05, 0) is 35.1 Å². The van der Waals surface area contributed by atoms with Crippen molar-refractivity contribution in [3.63, 3.8) is 0 Å². The molecule has 0 aliphatic rings. The van der Waals surface area contributed by atoms with E-state index in [1.165, 1.54) is 5.56 Å². The smallest absolute Gasteiger partial charge is 0.262 e. The molecule has 0 radical (unpaired) electrons. The van der Waals surface area contributed by atoms with Gasteiger partial charge in [0.2, 0.25) is 5.52 Å². The van der Waals surface area contributed by atoms with Crippen molar-refractivity contribution >= 4 is 65.2 Å². The molecule has 0 spiro atoms. The summed E-state index contributed by atoms with van der Waals surface area (Å²) in [5.74, 6) is 0.452. The molecule has 2 aromatic carbocycles. The first kappa shape index (κ1) is 22.0. The Morgan fingerprint density at radius 3 is 2.61 bits per heavy atom. The molecule has 8 heteroatoms. The fraction of sp³-hybridized carbons (Fsp3) is 0.261. The van der Waals surface area contributed by atoms with Gasteiger partial charge >= 0.3 is 0 Å². The number of benzene rings is 2. The molecule has 0 fully saturated rings. The number of hydrogen-bond acceptors (Lipinski definition) is 6. The van der Waals surface area contributed by atoms with Gasteiger partial charge in [-0.3, -0.25) is 0 Å². The summed E-state index contributed by atoms with van der Waals surface area (Å²) in [5.41, 5.74) is 3.45. The van der Waals surface area contributed by atoms with Gasteiger partial charge < -0.3 is 9.29 Å². The highest BCUT2D eigenvalue weighted by Gasteiger charge is 2.24. The molecule has 0 saturated carbocycles. The lowest BCUT2D eigenvalue weighted by Crippen LogP contribution is -2.36. The second-order valence-electron chi connectivity index (χ2n) is 7.22. The summed E-state index contributed by atoms with van der Waals surface area (Å²) >= 11 is 3.26. The fourth-order valence-electron chi connectivity index (χ4n) is 3.62. The van der Waals surface area contributed by atoms with E-state index in [9.17, 15) is 13.0 Å². The number of rotatable bonds is 8. The zero-order chi connectivity index (χ0) is 22.0. The maximum Gasteiger partial charge on any atom is 0.262 e. The number of nitrogens with zero attached hydrogens (tertiary/aromatic N) is 1. The number of thiazole rings is 1. The molecule has 0 saturated heterocycles. The minimum absolute atomic E-state index is 0.271. The Morgan fingerprint density at radius 2 is 1.94 bits per heavy atom. The third-order valence-corrected chi connectivity index (χ3v) is 8.00. The van der Waals surface area contributed by atoms with Crippen LogP contribution in [-0.2, 0) is 23.1 Å². The van der Waals surface area contributed by atoms with E-state index in [0.29, 0.717) is 6.54 Å². The lowest BCUT2D eigenvalue weighted by atomic mass is 10.1. The van der Waals surface area contributed by atoms with E-state index in [0.717, 1.165) is 43.0 Å². The van der Waals surface area contributed by atoms with Crippen LogP contribution < -0.4 is 9.30 Å². The molecule has 2 aromatic heterocycles. The summed E-state index contributed by atoms with van der Waals surface area (Å²) in [6.07, 6.45) is 5.39. The molecule has 0 unspecified atom stereocenters. The number of aryl methyl sites for hydroxylation is 2. The third-order valence-electron chi connectivity index (χ3n) is 5.19. The SMILES string of the molecule is CCc1ccc(C=Cc2sc3cc(OC)c4ccsc4c3[n+]2CCCS(=O)(=O)[O-])cc1.